The number of aliphatic hydroxyl groups is 1. The number of aliphatic hydroxyl groups excluding tert-OH is 1. The first kappa shape index (κ1) is 13.8. The third-order valence-corrected chi connectivity index (χ3v) is 7.88. The minimum Gasteiger partial charge on any atom is -0.504 e. The van der Waals surface area contributed by atoms with E-state index in [-0.39, 0.29) is 17.0 Å². The molecule has 4 aliphatic rings. The molecule has 2 nitrogen and oxygen atoms in total. The van der Waals surface area contributed by atoms with E-state index in [1.807, 2.05) is 0 Å². The van der Waals surface area contributed by atoms with Gasteiger partial charge in [-0.15, -0.1) is 0 Å². The van der Waals surface area contributed by atoms with Gasteiger partial charge in [0, 0.05) is 6.42 Å². The van der Waals surface area contributed by atoms with Crippen molar-refractivity contribution in [2.45, 2.75) is 71.6 Å². The molecule has 4 aliphatic carbocycles. The van der Waals surface area contributed by atoms with Crippen LogP contribution >= 0.6 is 0 Å². The van der Waals surface area contributed by atoms with Crippen molar-refractivity contribution in [3.05, 3.63) is 11.3 Å². The summed E-state index contributed by atoms with van der Waals surface area (Å²) in [6, 6.07) is 0. The monoisotopic (exact) mass is 288 g/mol. The smallest absolute Gasteiger partial charge is 0.197 e. The van der Waals surface area contributed by atoms with Crippen molar-refractivity contribution in [1.29, 1.82) is 0 Å². The molecule has 0 radical (unpaired) electrons. The predicted octanol–water partition coefficient (Wildman–Crippen LogP) is 4.79. The number of carbonyl (C=O) groups is 1. The van der Waals surface area contributed by atoms with E-state index in [1.165, 1.54) is 38.5 Å². The van der Waals surface area contributed by atoms with Crippen molar-refractivity contribution in [3.8, 4) is 0 Å². The maximum atomic E-state index is 11.9. The topological polar surface area (TPSA) is 37.3 Å². The Morgan fingerprint density at radius 3 is 2.62 bits per heavy atom. The molecule has 2 heteroatoms. The molecule has 0 amide bonds. The first-order valence-electron chi connectivity index (χ1n) is 8.91. The minimum absolute atomic E-state index is 0.0116. The van der Waals surface area contributed by atoms with E-state index < -0.39 is 0 Å². The van der Waals surface area contributed by atoms with Crippen LogP contribution in [0, 0.1) is 28.6 Å². The number of Topliss-reactive ketones (excluding diaryl/α,β-unsaturated/α-hetero) is 1. The Hall–Kier alpha value is -0.790. The standard InChI is InChI=1S/C19H28O2/c1-18-9-3-4-13(18)12-5-6-15-17(21)16(20)8-11-19(15,2)14(12)7-10-18/h12-14,21H,3-11H2,1-2H3/t12-,13-,14-,18-,19+/m0/s1. The van der Waals surface area contributed by atoms with Gasteiger partial charge in [0.05, 0.1) is 0 Å². The van der Waals surface area contributed by atoms with Gasteiger partial charge >= 0.3 is 0 Å². The fraction of sp³-hybridized carbons (Fsp3) is 0.842. The van der Waals surface area contributed by atoms with Crippen molar-refractivity contribution in [3.63, 3.8) is 0 Å². The molecule has 3 saturated carbocycles. The van der Waals surface area contributed by atoms with Crippen molar-refractivity contribution >= 4 is 5.78 Å². The molecule has 0 aromatic heterocycles. The van der Waals surface area contributed by atoms with Crippen molar-refractivity contribution in [2.75, 3.05) is 0 Å². The van der Waals surface area contributed by atoms with Crippen LogP contribution in [0.25, 0.3) is 0 Å². The van der Waals surface area contributed by atoms with E-state index in [0.717, 1.165) is 30.3 Å². The average molecular weight is 288 g/mol. The Kier molecular flexibility index (Phi) is 2.88. The molecule has 0 aromatic rings. The van der Waals surface area contributed by atoms with Crippen LogP contribution in [0.4, 0.5) is 0 Å². The molecule has 0 aromatic carbocycles. The molecule has 3 fully saturated rings. The lowest BCUT2D eigenvalue weighted by atomic mass is 9.47. The molecule has 0 saturated heterocycles. The third kappa shape index (κ3) is 1.74. The van der Waals surface area contributed by atoms with E-state index in [4.69, 9.17) is 0 Å². The molecule has 4 rings (SSSR count). The van der Waals surface area contributed by atoms with Crippen LogP contribution in [0.1, 0.15) is 71.6 Å². The van der Waals surface area contributed by atoms with Gasteiger partial charge in [0.25, 0.3) is 0 Å². The van der Waals surface area contributed by atoms with Gasteiger partial charge < -0.3 is 5.11 Å². The maximum Gasteiger partial charge on any atom is 0.197 e. The highest BCUT2D eigenvalue weighted by Gasteiger charge is 2.57. The number of allylic oxidation sites excluding steroid dienone is 1. The lowest BCUT2D eigenvalue weighted by molar-refractivity contribution is -0.121. The van der Waals surface area contributed by atoms with Crippen LogP contribution < -0.4 is 0 Å². The summed E-state index contributed by atoms with van der Waals surface area (Å²) in [6.07, 6.45) is 10.6. The third-order valence-electron chi connectivity index (χ3n) is 7.88. The fourth-order valence-electron chi connectivity index (χ4n) is 6.68. The summed E-state index contributed by atoms with van der Waals surface area (Å²) in [6.45, 7) is 4.87. The van der Waals surface area contributed by atoms with Crippen LogP contribution in [-0.4, -0.2) is 10.9 Å². The highest BCUT2D eigenvalue weighted by molar-refractivity contribution is 5.95. The van der Waals surface area contributed by atoms with Crippen LogP contribution in [0.2, 0.25) is 0 Å². The fourth-order valence-corrected chi connectivity index (χ4v) is 6.68. The maximum absolute atomic E-state index is 11.9. The summed E-state index contributed by atoms with van der Waals surface area (Å²) in [5.41, 5.74) is 1.80. The van der Waals surface area contributed by atoms with E-state index in [2.05, 4.69) is 13.8 Å². The number of rotatable bonds is 0. The predicted molar refractivity (Wildman–Crippen MR) is 82.9 cm³/mol. The van der Waals surface area contributed by atoms with Gasteiger partial charge in [-0.3, -0.25) is 4.79 Å². The summed E-state index contributed by atoms with van der Waals surface area (Å²) in [7, 11) is 0. The summed E-state index contributed by atoms with van der Waals surface area (Å²) in [5, 5.41) is 10.3. The van der Waals surface area contributed by atoms with Crippen LogP contribution in [0.15, 0.2) is 11.3 Å². The Labute approximate surface area is 128 Å². The van der Waals surface area contributed by atoms with E-state index in [1.54, 1.807) is 0 Å². The highest BCUT2D eigenvalue weighted by atomic mass is 16.3. The van der Waals surface area contributed by atoms with Crippen LogP contribution in [0.5, 0.6) is 0 Å². The Balaban J connectivity index is 1.72. The van der Waals surface area contributed by atoms with E-state index in [0.29, 0.717) is 17.8 Å². The molecular weight excluding hydrogens is 260 g/mol. The lowest BCUT2D eigenvalue weighted by Gasteiger charge is -2.57. The van der Waals surface area contributed by atoms with Gasteiger partial charge in [-0.1, -0.05) is 20.3 Å². The van der Waals surface area contributed by atoms with Gasteiger partial charge in [-0.2, -0.15) is 0 Å². The zero-order valence-corrected chi connectivity index (χ0v) is 13.5. The van der Waals surface area contributed by atoms with Crippen LogP contribution in [0.3, 0.4) is 0 Å². The van der Waals surface area contributed by atoms with Crippen LogP contribution in [-0.2, 0) is 4.79 Å². The van der Waals surface area contributed by atoms with Crippen molar-refractivity contribution in [1.82, 2.24) is 0 Å². The summed E-state index contributed by atoms with van der Waals surface area (Å²) >= 11 is 0. The zero-order valence-electron chi connectivity index (χ0n) is 13.5. The molecule has 116 valence electrons. The molecule has 0 aliphatic heterocycles. The number of carbonyl (C=O) groups excluding carboxylic acids is 1. The van der Waals surface area contributed by atoms with Gasteiger partial charge in [-0.25, -0.2) is 0 Å². The largest absolute Gasteiger partial charge is 0.504 e. The minimum atomic E-state index is -0.0116. The normalized spacial score (nSPS) is 49.6. The van der Waals surface area contributed by atoms with Gasteiger partial charge in [0.1, 0.15) is 0 Å². The van der Waals surface area contributed by atoms with Gasteiger partial charge in [-0.05, 0) is 79.1 Å². The molecule has 1 N–H and O–H groups in total. The second-order valence-electron chi connectivity index (χ2n) is 8.67. The van der Waals surface area contributed by atoms with E-state index >= 15 is 0 Å². The summed E-state index contributed by atoms with van der Waals surface area (Å²) in [4.78, 5) is 11.9. The molecule has 0 bridgehead atoms. The second kappa shape index (κ2) is 4.36. The molecular formula is C19H28O2. The highest BCUT2D eigenvalue weighted by Crippen LogP contribution is 2.65. The lowest BCUT2D eigenvalue weighted by Crippen LogP contribution is -2.50. The number of fused-ring (bicyclic) bond motifs is 5. The average Bonchev–Trinajstić information content (AvgIpc) is 2.85. The summed E-state index contributed by atoms with van der Waals surface area (Å²) in [5.74, 6) is 2.56. The van der Waals surface area contributed by atoms with E-state index in [9.17, 15) is 9.90 Å². The molecule has 0 heterocycles. The second-order valence-corrected chi connectivity index (χ2v) is 8.67. The number of ketones is 1. The SMILES string of the molecule is C[C@@]12CCC[C@H]1[C@@H]1CCC3=C(O)C(=O)CC[C@]3(C)[C@H]1CC2. The Morgan fingerprint density at radius 1 is 1.00 bits per heavy atom. The first-order valence-corrected chi connectivity index (χ1v) is 8.91. The zero-order chi connectivity index (χ0) is 14.8. The quantitative estimate of drug-likeness (QED) is 0.695. The molecule has 0 unspecified atom stereocenters. The van der Waals surface area contributed by atoms with Crippen molar-refractivity contribution < 1.29 is 9.90 Å². The Bertz CT molecular complexity index is 520. The first-order chi connectivity index (χ1) is 9.96. The summed E-state index contributed by atoms with van der Waals surface area (Å²) < 4.78 is 0. The van der Waals surface area contributed by atoms with Crippen molar-refractivity contribution in [2.24, 2.45) is 28.6 Å². The van der Waals surface area contributed by atoms with Gasteiger partial charge in [0.2, 0.25) is 0 Å². The number of hydrogen-bond donors (Lipinski definition) is 1. The molecule has 0 spiro atoms. The molecule has 5 atom stereocenters. The number of hydrogen-bond acceptors (Lipinski definition) is 2. The Morgan fingerprint density at radius 2 is 1.81 bits per heavy atom. The molecule has 21 heavy (non-hydrogen) atoms. The van der Waals surface area contributed by atoms with Gasteiger partial charge in [0.15, 0.2) is 11.5 Å².